The van der Waals surface area contributed by atoms with Gasteiger partial charge in [0.1, 0.15) is 5.75 Å². The number of ether oxygens (including phenoxy) is 1. The second-order valence-corrected chi connectivity index (χ2v) is 7.58. The number of carbonyl (C=O) groups is 2. The number of halogens is 1. The quantitative estimate of drug-likeness (QED) is 0.787. The number of para-hydroxylation sites is 1. The molecule has 0 aromatic heterocycles. The number of aryl methyl sites for hydroxylation is 1. The van der Waals surface area contributed by atoms with Crippen LogP contribution in [0.2, 0.25) is 5.02 Å². The number of hydrogen-bond donors (Lipinski definition) is 1. The molecule has 0 radical (unpaired) electrons. The molecule has 2 aromatic carbocycles. The number of methoxy groups -OCH3 is 1. The standard InChI is InChI=1S/C22H26ClN3O3/c1-16-7-8-20(29-2)17(13-16)14-22(28)26-11-9-25(10-12-26)15-21(27)24-19-6-4-3-5-18(19)23/h3-8,13H,9-12,14-15H2,1-2H3,(H,24,27). The molecule has 7 heteroatoms. The summed E-state index contributed by atoms with van der Waals surface area (Å²) in [7, 11) is 1.62. The molecule has 1 fully saturated rings. The average molecular weight is 416 g/mol. The zero-order chi connectivity index (χ0) is 20.8. The monoisotopic (exact) mass is 415 g/mol. The number of amides is 2. The van der Waals surface area contributed by atoms with E-state index in [4.69, 9.17) is 16.3 Å². The van der Waals surface area contributed by atoms with Crippen LogP contribution in [0, 0.1) is 6.92 Å². The number of nitrogens with zero attached hydrogens (tertiary/aromatic N) is 2. The maximum atomic E-state index is 12.7. The van der Waals surface area contributed by atoms with Crippen molar-refractivity contribution in [3.05, 3.63) is 58.6 Å². The summed E-state index contributed by atoms with van der Waals surface area (Å²) in [5, 5.41) is 3.35. The summed E-state index contributed by atoms with van der Waals surface area (Å²) in [4.78, 5) is 28.9. The third kappa shape index (κ3) is 5.71. The van der Waals surface area contributed by atoms with Crippen molar-refractivity contribution in [1.29, 1.82) is 0 Å². The van der Waals surface area contributed by atoms with Crippen LogP contribution in [0.4, 0.5) is 5.69 Å². The fourth-order valence-corrected chi connectivity index (χ4v) is 3.61. The van der Waals surface area contributed by atoms with Crippen molar-refractivity contribution in [2.24, 2.45) is 0 Å². The van der Waals surface area contributed by atoms with Gasteiger partial charge < -0.3 is 15.0 Å². The highest BCUT2D eigenvalue weighted by molar-refractivity contribution is 6.33. The molecule has 1 aliphatic rings. The minimum Gasteiger partial charge on any atom is -0.496 e. The van der Waals surface area contributed by atoms with Gasteiger partial charge in [-0.05, 0) is 25.1 Å². The van der Waals surface area contributed by atoms with Gasteiger partial charge in [0, 0.05) is 31.7 Å². The minimum atomic E-state index is -0.109. The normalized spacial score (nSPS) is 14.5. The summed E-state index contributed by atoms with van der Waals surface area (Å²) >= 11 is 6.08. The lowest BCUT2D eigenvalue weighted by Crippen LogP contribution is -2.50. The van der Waals surface area contributed by atoms with E-state index < -0.39 is 0 Å². The van der Waals surface area contributed by atoms with E-state index in [-0.39, 0.29) is 18.4 Å². The summed E-state index contributed by atoms with van der Waals surface area (Å²) in [6, 6.07) is 13.0. The largest absolute Gasteiger partial charge is 0.496 e. The van der Waals surface area contributed by atoms with Crippen molar-refractivity contribution in [3.8, 4) is 5.75 Å². The molecule has 6 nitrogen and oxygen atoms in total. The first-order valence-electron chi connectivity index (χ1n) is 9.64. The number of nitrogens with one attached hydrogen (secondary N) is 1. The Balaban J connectivity index is 1.49. The maximum absolute atomic E-state index is 12.7. The van der Waals surface area contributed by atoms with Crippen LogP contribution in [0.3, 0.4) is 0 Å². The van der Waals surface area contributed by atoms with Gasteiger partial charge in [-0.3, -0.25) is 14.5 Å². The van der Waals surface area contributed by atoms with E-state index >= 15 is 0 Å². The van der Waals surface area contributed by atoms with E-state index in [1.807, 2.05) is 47.1 Å². The molecular formula is C22H26ClN3O3. The molecule has 1 saturated heterocycles. The molecule has 2 aromatic rings. The van der Waals surface area contributed by atoms with E-state index in [1.165, 1.54) is 0 Å². The molecule has 3 rings (SSSR count). The second-order valence-electron chi connectivity index (χ2n) is 7.18. The first-order chi connectivity index (χ1) is 14.0. The molecule has 0 bridgehead atoms. The Hall–Kier alpha value is -2.57. The van der Waals surface area contributed by atoms with Gasteiger partial charge in [-0.25, -0.2) is 0 Å². The lowest BCUT2D eigenvalue weighted by molar-refractivity contribution is -0.132. The van der Waals surface area contributed by atoms with Gasteiger partial charge >= 0.3 is 0 Å². The molecule has 1 aliphatic heterocycles. The lowest BCUT2D eigenvalue weighted by Gasteiger charge is -2.34. The third-order valence-corrected chi connectivity index (χ3v) is 5.35. The van der Waals surface area contributed by atoms with Crippen LogP contribution >= 0.6 is 11.6 Å². The number of benzene rings is 2. The highest BCUT2D eigenvalue weighted by atomic mass is 35.5. The van der Waals surface area contributed by atoms with Crippen molar-refractivity contribution >= 4 is 29.1 Å². The Morgan fingerprint density at radius 2 is 1.83 bits per heavy atom. The van der Waals surface area contributed by atoms with Gasteiger partial charge in [0.25, 0.3) is 0 Å². The van der Waals surface area contributed by atoms with Gasteiger partial charge in [-0.2, -0.15) is 0 Å². The van der Waals surface area contributed by atoms with Crippen LogP contribution in [-0.2, 0) is 16.0 Å². The van der Waals surface area contributed by atoms with Gasteiger partial charge in [-0.15, -0.1) is 0 Å². The molecule has 0 unspecified atom stereocenters. The van der Waals surface area contributed by atoms with Crippen molar-refractivity contribution in [1.82, 2.24) is 9.80 Å². The molecule has 0 atom stereocenters. The smallest absolute Gasteiger partial charge is 0.238 e. The molecule has 1 heterocycles. The van der Waals surface area contributed by atoms with E-state index in [1.54, 1.807) is 19.2 Å². The van der Waals surface area contributed by atoms with Crippen LogP contribution < -0.4 is 10.1 Å². The number of rotatable bonds is 6. The highest BCUT2D eigenvalue weighted by Crippen LogP contribution is 2.22. The number of carbonyl (C=O) groups excluding carboxylic acids is 2. The van der Waals surface area contributed by atoms with E-state index in [2.05, 4.69) is 5.32 Å². The van der Waals surface area contributed by atoms with Crippen LogP contribution in [0.15, 0.2) is 42.5 Å². The maximum Gasteiger partial charge on any atom is 0.238 e. The van der Waals surface area contributed by atoms with Gasteiger partial charge in [-0.1, -0.05) is 41.4 Å². The summed E-state index contributed by atoms with van der Waals surface area (Å²) in [5.41, 5.74) is 2.61. The van der Waals surface area contributed by atoms with Crippen molar-refractivity contribution in [2.75, 3.05) is 45.2 Å². The Morgan fingerprint density at radius 1 is 1.10 bits per heavy atom. The first-order valence-corrected chi connectivity index (χ1v) is 10.0. The molecule has 0 aliphatic carbocycles. The molecular weight excluding hydrogens is 390 g/mol. The van der Waals surface area contributed by atoms with Crippen LogP contribution in [0.25, 0.3) is 0 Å². The van der Waals surface area contributed by atoms with Crippen LogP contribution in [0.1, 0.15) is 11.1 Å². The van der Waals surface area contributed by atoms with Gasteiger partial charge in [0.15, 0.2) is 0 Å². The Kier molecular flexibility index (Phi) is 7.12. The molecule has 1 N–H and O–H groups in total. The average Bonchev–Trinajstić information content (AvgIpc) is 2.70. The fourth-order valence-electron chi connectivity index (χ4n) is 3.43. The molecule has 29 heavy (non-hydrogen) atoms. The SMILES string of the molecule is COc1ccc(C)cc1CC(=O)N1CCN(CC(=O)Nc2ccccc2Cl)CC1. The van der Waals surface area contributed by atoms with Gasteiger partial charge in [0.2, 0.25) is 11.8 Å². The van der Waals surface area contributed by atoms with Crippen LogP contribution in [0.5, 0.6) is 5.75 Å². The fraction of sp³-hybridized carbons (Fsp3) is 0.364. The lowest BCUT2D eigenvalue weighted by atomic mass is 10.1. The Bertz CT molecular complexity index is 879. The van der Waals surface area contributed by atoms with Crippen molar-refractivity contribution in [3.63, 3.8) is 0 Å². The van der Waals surface area contributed by atoms with E-state index in [0.717, 1.165) is 16.9 Å². The van der Waals surface area contributed by atoms with Crippen molar-refractivity contribution < 1.29 is 14.3 Å². The summed E-state index contributed by atoms with van der Waals surface area (Å²) in [6.07, 6.45) is 0.317. The van der Waals surface area contributed by atoms with E-state index in [0.29, 0.717) is 43.3 Å². The highest BCUT2D eigenvalue weighted by Gasteiger charge is 2.23. The number of piperazine rings is 1. The minimum absolute atomic E-state index is 0.0778. The molecule has 0 saturated carbocycles. The molecule has 0 spiro atoms. The van der Waals surface area contributed by atoms with E-state index in [9.17, 15) is 9.59 Å². The van der Waals surface area contributed by atoms with Gasteiger partial charge in [0.05, 0.1) is 30.8 Å². The second kappa shape index (κ2) is 9.76. The van der Waals surface area contributed by atoms with Crippen LogP contribution in [-0.4, -0.2) is 61.4 Å². The summed E-state index contributed by atoms with van der Waals surface area (Å²) in [6.45, 7) is 4.80. The molecule has 2 amide bonds. The Labute approximate surface area is 176 Å². The number of anilines is 1. The molecule has 154 valence electrons. The van der Waals surface area contributed by atoms with Crippen molar-refractivity contribution in [2.45, 2.75) is 13.3 Å². The topological polar surface area (TPSA) is 61.9 Å². The third-order valence-electron chi connectivity index (χ3n) is 5.02. The Morgan fingerprint density at radius 3 is 2.52 bits per heavy atom. The zero-order valence-electron chi connectivity index (χ0n) is 16.8. The first kappa shape index (κ1) is 21.1. The summed E-state index contributed by atoms with van der Waals surface area (Å²) < 4.78 is 5.37. The predicted octanol–water partition coefficient (Wildman–Crippen LogP) is 2.98. The predicted molar refractivity (Wildman–Crippen MR) is 115 cm³/mol. The summed E-state index contributed by atoms with van der Waals surface area (Å²) in [5.74, 6) is 0.704. The zero-order valence-corrected chi connectivity index (χ0v) is 17.5. The number of hydrogen-bond acceptors (Lipinski definition) is 4.